The van der Waals surface area contributed by atoms with Crippen molar-refractivity contribution in [2.24, 2.45) is 23.2 Å². The number of carbonyl (C=O) groups excluding carboxylic acids is 3. The van der Waals surface area contributed by atoms with Crippen LogP contribution in [0.1, 0.15) is 39.0 Å². The molecular weight excluding hydrogens is 322 g/mol. The van der Waals surface area contributed by atoms with Gasteiger partial charge in [-0.05, 0) is 55.4 Å². The maximum absolute atomic E-state index is 13.0. The Morgan fingerprint density at radius 2 is 1.68 bits per heavy atom. The van der Waals surface area contributed by atoms with Crippen molar-refractivity contribution >= 4 is 23.4 Å². The number of hydrogen-bond acceptors (Lipinski definition) is 6. The quantitative estimate of drug-likeness (QED) is 0.783. The number of hydrogen-bond donors (Lipinski definition) is 0. The first-order valence-electron chi connectivity index (χ1n) is 8.77. The van der Waals surface area contributed by atoms with Gasteiger partial charge in [-0.2, -0.15) is 0 Å². The Morgan fingerprint density at radius 3 is 2.28 bits per heavy atom. The van der Waals surface area contributed by atoms with Crippen molar-refractivity contribution in [1.29, 1.82) is 0 Å². The van der Waals surface area contributed by atoms with Crippen LogP contribution in [0.2, 0.25) is 0 Å². The second-order valence-electron chi connectivity index (χ2n) is 7.58. The van der Waals surface area contributed by atoms with Crippen LogP contribution in [-0.2, 0) is 24.1 Å². The van der Waals surface area contributed by atoms with Crippen molar-refractivity contribution in [3.63, 3.8) is 0 Å². The molecule has 2 unspecified atom stereocenters. The summed E-state index contributed by atoms with van der Waals surface area (Å²) in [7, 11) is 0. The van der Waals surface area contributed by atoms with Gasteiger partial charge in [0.25, 0.3) is 0 Å². The van der Waals surface area contributed by atoms with Crippen molar-refractivity contribution in [3.8, 4) is 0 Å². The molecule has 0 radical (unpaired) electrons. The Balaban J connectivity index is 1.56. The summed E-state index contributed by atoms with van der Waals surface area (Å²) in [5.41, 5.74) is -0.163. The minimum Gasteiger partial charge on any atom is -0.306 e. The van der Waals surface area contributed by atoms with Crippen molar-refractivity contribution in [2.45, 2.75) is 39.0 Å². The van der Waals surface area contributed by atoms with E-state index in [0.29, 0.717) is 30.2 Å². The molecule has 25 heavy (non-hydrogen) atoms. The van der Waals surface area contributed by atoms with Gasteiger partial charge in [0.15, 0.2) is 0 Å². The third kappa shape index (κ3) is 2.79. The van der Waals surface area contributed by atoms with Crippen LogP contribution in [0.4, 0.5) is 5.69 Å². The number of ketones is 1. The number of para-hydroxylation sites is 1. The molecule has 4 saturated carbocycles. The predicted octanol–water partition coefficient (Wildman–Crippen LogP) is 2.82. The molecule has 0 saturated heterocycles. The summed E-state index contributed by atoms with van der Waals surface area (Å²) in [5, 5.41) is 0.894. The van der Waals surface area contributed by atoms with E-state index in [1.165, 1.54) is 6.92 Å². The summed E-state index contributed by atoms with van der Waals surface area (Å²) >= 11 is 0. The van der Waals surface area contributed by atoms with Gasteiger partial charge in [-0.15, -0.1) is 0 Å². The topological polar surface area (TPSA) is 72.9 Å². The second kappa shape index (κ2) is 5.86. The molecule has 2 atom stereocenters. The third-order valence-corrected chi connectivity index (χ3v) is 5.77. The molecule has 4 aliphatic rings. The van der Waals surface area contributed by atoms with Crippen molar-refractivity contribution in [3.05, 3.63) is 30.3 Å². The van der Waals surface area contributed by atoms with E-state index >= 15 is 0 Å². The van der Waals surface area contributed by atoms with E-state index in [-0.39, 0.29) is 11.8 Å². The number of nitrogens with zero attached hydrogens (tertiary/aromatic N) is 1. The van der Waals surface area contributed by atoms with Gasteiger partial charge in [0.1, 0.15) is 11.5 Å². The fourth-order valence-electron chi connectivity index (χ4n) is 4.96. The Morgan fingerprint density at radius 1 is 1.04 bits per heavy atom. The fraction of sp³-hybridized carbons (Fsp3) is 0.526. The highest BCUT2D eigenvalue weighted by molar-refractivity contribution is 5.90. The maximum Gasteiger partial charge on any atom is 0.342 e. The van der Waals surface area contributed by atoms with Gasteiger partial charge in [-0.1, -0.05) is 18.2 Å². The average Bonchev–Trinajstić information content (AvgIpc) is 2.58. The van der Waals surface area contributed by atoms with Crippen LogP contribution in [0.5, 0.6) is 0 Å². The van der Waals surface area contributed by atoms with Gasteiger partial charge in [-0.25, -0.2) is 9.59 Å². The summed E-state index contributed by atoms with van der Waals surface area (Å²) in [4.78, 5) is 47.3. The molecule has 4 bridgehead atoms. The molecule has 0 aliphatic heterocycles. The molecular formula is C19H21NO5. The van der Waals surface area contributed by atoms with E-state index in [0.717, 1.165) is 24.5 Å². The van der Waals surface area contributed by atoms with Crippen molar-refractivity contribution in [2.75, 3.05) is 5.23 Å². The Hall–Kier alpha value is -2.37. The Labute approximate surface area is 146 Å². The molecule has 0 spiro atoms. The maximum atomic E-state index is 13.0. The molecule has 132 valence electrons. The number of benzene rings is 1. The van der Waals surface area contributed by atoms with Crippen molar-refractivity contribution in [1.82, 2.24) is 0 Å². The minimum absolute atomic E-state index is 0.0160. The number of carbonyl (C=O) groups is 3. The van der Waals surface area contributed by atoms with Crippen LogP contribution in [-0.4, -0.2) is 17.7 Å². The SMILES string of the molecule is CC(=O)ON(OC(=O)C12CC3CC(C1)C(=O)C(C3)C2)c1ccccc1. The number of anilines is 1. The lowest BCUT2D eigenvalue weighted by molar-refractivity contribution is -0.191. The fourth-order valence-corrected chi connectivity index (χ4v) is 4.96. The lowest BCUT2D eigenvalue weighted by Gasteiger charge is -2.53. The zero-order valence-corrected chi connectivity index (χ0v) is 14.1. The summed E-state index contributed by atoms with van der Waals surface area (Å²) in [6, 6.07) is 8.74. The monoisotopic (exact) mass is 343 g/mol. The van der Waals surface area contributed by atoms with E-state index in [4.69, 9.17) is 9.68 Å². The molecule has 4 fully saturated rings. The molecule has 1 aromatic carbocycles. The first kappa shape index (κ1) is 16.1. The highest BCUT2D eigenvalue weighted by Crippen LogP contribution is 2.59. The molecule has 0 aromatic heterocycles. The first-order chi connectivity index (χ1) is 12.0. The molecule has 1 aromatic rings. The summed E-state index contributed by atoms with van der Waals surface area (Å²) < 4.78 is 0. The highest BCUT2D eigenvalue weighted by atomic mass is 17.0. The second-order valence-corrected chi connectivity index (χ2v) is 7.58. The van der Waals surface area contributed by atoms with Crippen molar-refractivity contribution < 1.29 is 24.1 Å². The highest BCUT2D eigenvalue weighted by Gasteiger charge is 2.59. The minimum atomic E-state index is -0.627. The lowest BCUT2D eigenvalue weighted by atomic mass is 9.49. The van der Waals surface area contributed by atoms with Gasteiger partial charge in [-0.3, -0.25) is 4.79 Å². The molecule has 6 heteroatoms. The zero-order chi connectivity index (χ0) is 17.6. The molecule has 0 N–H and O–H groups in total. The molecule has 4 aliphatic carbocycles. The van der Waals surface area contributed by atoms with E-state index in [2.05, 4.69) is 0 Å². The number of Topliss-reactive ketones (excluding diaryl/α,β-unsaturated/α-hetero) is 1. The van der Waals surface area contributed by atoms with E-state index in [9.17, 15) is 14.4 Å². The Bertz CT molecular complexity index is 698. The van der Waals surface area contributed by atoms with Crippen LogP contribution < -0.4 is 5.23 Å². The van der Waals surface area contributed by atoms with Gasteiger partial charge < -0.3 is 9.68 Å². The third-order valence-electron chi connectivity index (χ3n) is 5.77. The van der Waals surface area contributed by atoms with Gasteiger partial charge in [0, 0.05) is 18.8 Å². The molecule has 5 rings (SSSR count). The van der Waals surface area contributed by atoms with E-state index in [1.54, 1.807) is 24.3 Å². The first-order valence-corrected chi connectivity index (χ1v) is 8.77. The van der Waals surface area contributed by atoms with E-state index in [1.807, 2.05) is 6.07 Å². The van der Waals surface area contributed by atoms with Crippen LogP contribution >= 0.6 is 0 Å². The average molecular weight is 343 g/mol. The van der Waals surface area contributed by atoms with Crippen LogP contribution in [0.3, 0.4) is 0 Å². The van der Waals surface area contributed by atoms with Gasteiger partial charge in [0.05, 0.1) is 5.41 Å². The standard InChI is InChI=1S/C19H21NO5/c1-12(21)24-20(16-5-3-2-4-6-16)25-18(23)19-9-13-7-14(10-19)17(22)15(8-13)11-19/h2-6,13-15H,7-11H2,1H3. The molecule has 0 amide bonds. The van der Waals surface area contributed by atoms with E-state index < -0.39 is 17.4 Å². The summed E-state index contributed by atoms with van der Waals surface area (Å²) in [6.07, 6.45) is 3.67. The summed E-state index contributed by atoms with van der Waals surface area (Å²) in [5.74, 6) is -0.266. The molecule has 0 heterocycles. The van der Waals surface area contributed by atoms with Crippen LogP contribution in [0, 0.1) is 23.2 Å². The number of rotatable bonds is 4. The lowest BCUT2D eigenvalue weighted by Crippen LogP contribution is -2.55. The summed E-state index contributed by atoms with van der Waals surface area (Å²) in [6.45, 7) is 1.26. The van der Waals surface area contributed by atoms with Crippen LogP contribution in [0.25, 0.3) is 0 Å². The zero-order valence-electron chi connectivity index (χ0n) is 14.1. The van der Waals surface area contributed by atoms with Crippen LogP contribution in [0.15, 0.2) is 30.3 Å². The van der Waals surface area contributed by atoms with Gasteiger partial charge in [0.2, 0.25) is 0 Å². The smallest absolute Gasteiger partial charge is 0.306 e. The predicted molar refractivity (Wildman–Crippen MR) is 87.8 cm³/mol. The Kier molecular flexibility index (Phi) is 3.78. The normalized spacial score (nSPS) is 32.4. The van der Waals surface area contributed by atoms with Gasteiger partial charge >= 0.3 is 11.9 Å². The largest absolute Gasteiger partial charge is 0.342 e. The molecule has 6 nitrogen and oxygen atoms in total.